The standard InChI is InChI=1S/C18H25NO5/c20-16-7-10-5-12(16)13(6-10)17(21)19-8-14(15(9-19)18(22)23)11-1-3-24-4-2-11/h10-15H,1-9H2,(H,22,23)/t10-,12+,13-,14+,15-/m1/s1. The molecule has 1 amide bonds. The van der Waals surface area contributed by atoms with Crippen LogP contribution in [-0.4, -0.2) is 54.0 Å². The molecule has 5 atom stereocenters. The van der Waals surface area contributed by atoms with Crippen LogP contribution in [0.15, 0.2) is 0 Å². The second-order valence-corrected chi connectivity index (χ2v) is 8.02. The van der Waals surface area contributed by atoms with Gasteiger partial charge < -0.3 is 14.7 Å². The predicted octanol–water partition coefficient (Wildman–Crippen LogP) is 1.19. The molecule has 2 saturated heterocycles. The number of carboxylic acids is 1. The highest BCUT2D eigenvalue weighted by atomic mass is 16.5. The number of ether oxygens (including phenoxy) is 1. The molecule has 4 rings (SSSR count). The summed E-state index contributed by atoms with van der Waals surface area (Å²) in [6.07, 6.45) is 4.06. The normalized spacial score (nSPS) is 39.6. The van der Waals surface area contributed by atoms with Crippen molar-refractivity contribution in [2.45, 2.75) is 32.1 Å². The lowest BCUT2D eigenvalue weighted by Crippen LogP contribution is -2.39. The van der Waals surface area contributed by atoms with Gasteiger partial charge in [-0.15, -0.1) is 0 Å². The van der Waals surface area contributed by atoms with Gasteiger partial charge in [0.2, 0.25) is 5.91 Å². The molecular formula is C18H25NO5. The Morgan fingerprint density at radius 3 is 2.46 bits per heavy atom. The van der Waals surface area contributed by atoms with Crippen molar-refractivity contribution in [2.75, 3.05) is 26.3 Å². The maximum atomic E-state index is 12.9. The summed E-state index contributed by atoms with van der Waals surface area (Å²) in [6.45, 7) is 2.20. The third-order valence-electron chi connectivity index (χ3n) is 6.75. The minimum atomic E-state index is -0.800. The molecule has 0 radical (unpaired) electrons. The van der Waals surface area contributed by atoms with Crippen molar-refractivity contribution in [2.24, 2.45) is 35.5 Å². The van der Waals surface area contributed by atoms with Crippen LogP contribution in [0.2, 0.25) is 0 Å². The summed E-state index contributed by atoms with van der Waals surface area (Å²) < 4.78 is 5.39. The van der Waals surface area contributed by atoms with Crippen LogP contribution in [0, 0.1) is 35.5 Å². The molecule has 6 nitrogen and oxygen atoms in total. The van der Waals surface area contributed by atoms with Crippen LogP contribution < -0.4 is 0 Å². The van der Waals surface area contributed by atoms with Gasteiger partial charge >= 0.3 is 5.97 Å². The Bertz CT molecular complexity index is 556. The van der Waals surface area contributed by atoms with Gasteiger partial charge in [0, 0.05) is 44.6 Å². The van der Waals surface area contributed by atoms with Gasteiger partial charge in [0.15, 0.2) is 0 Å². The molecule has 2 bridgehead atoms. The molecule has 1 N–H and O–H groups in total. The van der Waals surface area contributed by atoms with Crippen molar-refractivity contribution in [1.29, 1.82) is 0 Å². The monoisotopic (exact) mass is 335 g/mol. The molecule has 4 aliphatic rings. The third kappa shape index (κ3) is 2.65. The Labute approximate surface area is 141 Å². The second-order valence-electron chi connectivity index (χ2n) is 8.02. The van der Waals surface area contributed by atoms with Crippen molar-refractivity contribution in [3.05, 3.63) is 0 Å². The molecule has 6 heteroatoms. The molecule has 4 fully saturated rings. The van der Waals surface area contributed by atoms with Crippen LogP contribution >= 0.6 is 0 Å². The fourth-order valence-corrected chi connectivity index (χ4v) is 5.50. The number of nitrogens with zero attached hydrogens (tertiary/aromatic N) is 1. The summed E-state index contributed by atoms with van der Waals surface area (Å²) in [5.41, 5.74) is 0. The van der Waals surface area contributed by atoms with Crippen LogP contribution in [0.5, 0.6) is 0 Å². The Morgan fingerprint density at radius 1 is 1.08 bits per heavy atom. The average Bonchev–Trinajstić information content (AvgIpc) is 3.28. The molecule has 2 heterocycles. The van der Waals surface area contributed by atoms with Crippen molar-refractivity contribution >= 4 is 17.7 Å². The van der Waals surface area contributed by atoms with E-state index in [1.807, 2.05) is 0 Å². The van der Waals surface area contributed by atoms with E-state index in [9.17, 15) is 19.5 Å². The van der Waals surface area contributed by atoms with Gasteiger partial charge in [0.1, 0.15) is 5.78 Å². The van der Waals surface area contributed by atoms with Gasteiger partial charge in [-0.1, -0.05) is 0 Å². The van der Waals surface area contributed by atoms with Gasteiger partial charge in [-0.05, 0) is 43.4 Å². The highest BCUT2D eigenvalue weighted by Crippen LogP contribution is 2.47. The summed E-state index contributed by atoms with van der Waals surface area (Å²) in [6, 6.07) is 0. The number of aliphatic carboxylic acids is 1. The average molecular weight is 335 g/mol. The molecule has 2 saturated carbocycles. The molecule has 24 heavy (non-hydrogen) atoms. The van der Waals surface area contributed by atoms with Crippen LogP contribution in [-0.2, 0) is 19.1 Å². The number of carbonyl (C=O) groups is 3. The van der Waals surface area contributed by atoms with E-state index >= 15 is 0 Å². The lowest BCUT2D eigenvalue weighted by atomic mass is 9.80. The maximum Gasteiger partial charge on any atom is 0.308 e. The zero-order valence-electron chi connectivity index (χ0n) is 13.9. The molecule has 0 aromatic heterocycles. The van der Waals surface area contributed by atoms with E-state index in [1.54, 1.807) is 4.90 Å². The number of rotatable bonds is 3. The first-order chi connectivity index (χ1) is 11.5. The lowest BCUT2D eigenvalue weighted by Gasteiger charge is -2.30. The van der Waals surface area contributed by atoms with Crippen molar-refractivity contribution in [1.82, 2.24) is 4.90 Å². The number of Topliss-reactive ketones (excluding diaryl/α,β-unsaturated/α-hetero) is 1. The minimum absolute atomic E-state index is 0.0182. The van der Waals surface area contributed by atoms with E-state index in [0.717, 1.165) is 25.7 Å². The van der Waals surface area contributed by atoms with Gasteiger partial charge in [-0.3, -0.25) is 14.4 Å². The van der Waals surface area contributed by atoms with Gasteiger partial charge in [-0.25, -0.2) is 0 Å². The third-order valence-corrected chi connectivity index (χ3v) is 6.75. The largest absolute Gasteiger partial charge is 0.481 e. The van der Waals surface area contributed by atoms with E-state index in [2.05, 4.69) is 0 Å². The molecule has 0 aromatic carbocycles. The number of hydrogen-bond acceptors (Lipinski definition) is 4. The molecule has 0 spiro atoms. The molecule has 2 aliphatic carbocycles. The Kier molecular flexibility index (Phi) is 4.11. The molecule has 2 aliphatic heterocycles. The van der Waals surface area contributed by atoms with Crippen LogP contribution in [0.25, 0.3) is 0 Å². The highest BCUT2D eigenvalue weighted by molar-refractivity contribution is 5.92. The number of fused-ring (bicyclic) bond motifs is 2. The van der Waals surface area contributed by atoms with E-state index in [4.69, 9.17) is 4.74 Å². The van der Waals surface area contributed by atoms with E-state index in [-0.39, 0.29) is 29.4 Å². The molecule has 0 aromatic rings. The summed E-state index contributed by atoms with van der Waals surface area (Å²) in [5, 5.41) is 9.60. The number of likely N-dealkylation sites (tertiary alicyclic amines) is 1. The van der Waals surface area contributed by atoms with Gasteiger partial charge in [0.05, 0.1) is 5.92 Å². The zero-order valence-corrected chi connectivity index (χ0v) is 13.9. The van der Waals surface area contributed by atoms with Crippen LogP contribution in [0.4, 0.5) is 0 Å². The van der Waals surface area contributed by atoms with Gasteiger partial charge in [0.25, 0.3) is 0 Å². The number of hydrogen-bond donors (Lipinski definition) is 1. The van der Waals surface area contributed by atoms with Crippen LogP contribution in [0.1, 0.15) is 32.1 Å². The lowest BCUT2D eigenvalue weighted by molar-refractivity contribution is -0.144. The summed E-state index contributed by atoms with van der Waals surface area (Å²) >= 11 is 0. The number of carbonyl (C=O) groups excluding carboxylic acids is 2. The van der Waals surface area contributed by atoms with Crippen molar-refractivity contribution in [3.63, 3.8) is 0 Å². The summed E-state index contributed by atoms with van der Waals surface area (Å²) in [7, 11) is 0. The first-order valence-electron chi connectivity index (χ1n) is 9.16. The Hall–Kier alpha value is -1.43. The van der Waals surface area contributed by atoms with E-state index < -0.39 is 11.9 Å². The minimum Gasteiger partial charge on any atom is -0.481 e. The topological polar surface area (TPSA) is 83.9 Å². The Balaban J connectivity index is 1.47. The predicted molar refractivity (Wildman–Crippen MR) is 84.1 cm³/mol. The summed E-state index contributed by atoms with van der Waals surface area (Å²) in [5.74, 6) is -0.607. The second kappa shape index (κ2) is 6.14. The Morgan fingerprint density at radius 2 is 1.83 bits per heavy atom. The van der Waals surface area contributed by atoms with Crippen molar-refractivity contribution in [3.8, 4) is 0 Å². The fraction of sp³-hybridized carbons (Fsp3) is 0.833. The molecule has 132 valence electrons. The first kappa shape index (κ1) is 16.1. The SMILES string of the molecule is O=C1C[C@@H]2C[C@H]1[C@H](C(=O)N1C[C@@H](C(=O)O)[C@H](C3CCOCC3)C1)C2. The number of ketones is 1. The zero-order chi connectivity index (χ0) is 16.8. The van der Waals surface area contributed by atoms with E-state index in [1.165, 1.54) is 0 Å². The molecule has 0 unspecified atom stereocenters. The van der Waals surface area contributed by atoms with Crippen LogP contribution in [0.3, 0.4) is 0 Å². The van der Waals surface area contributed by atoms with Gasteiger partial charge in [-0.2, -0.15) is 0 Å². The smallest absolute Gasteiger partial charge is 0.308 e. The fourth-order valence-electron chi connectivity index (χ4n) is 5.50. The first-order valence-corrected chi connectivity index (χ1v) is 9.16. The van der Waals surface area contributed by atoms with Crippen molar-refractivity contribution < 1.29 is 24.2 Å². The number of amides is 1. The molecular weight excluding hydrogens is 310 g/mol. The summed E-state index contributed by atoms with van der Waals surface area (Å²) in [4.78, 5) is 38.4. The van der Waals surface area contributed by atoms with E-state index in [0.29, 0.717) is 44.6 Å². The highest BCUT2D eigenvalue weighted by Gasteiger charge is 2.52. The quantitative estimate of drug-likeness (QED) is 0.837. The number of carboxylic acid groups (broad SMARTS) is 1. The maximum absolute atomic E-state index is 12.9.